The zero-order valence-corrected chi connectivity index (χ0v) is 18.4. The number of β-amino-alcohol motifs (C(OH)–C–C–N with tert-alkyl or cyclic N) is 1. The number of aryl methyl sites for hydroxylation is 1. The first-order valence-corrected chi connectivity index (χ1v) is 11.2. The lowest BCUT2D eigenvalue weighted by molar-refractivity contribution is 0.0945. The molecule has 29 heavy (non-hydrogen) atoms. The van der Waals surface area contributed by atoms with Gasteiger partial charge in [-0.3, -0.25) is 9.80 Å². The number of aromatic nitrogens is 3. The molecule has 1 fully saturated rings. The molecule has 0 amide bonds. The molecule has 7 nitrogen and oxygen atoms in total. The molecule has 1 atom stereocenters. The van der Waals surface area contributed by atoms with E-state index in [9.17, 15) is 10.2 Å². The zero-order valence-electron chi connectivity index (χ0n) is 16.1. The zero-order chi connectivity index (χ0) is 20.5. The van der Waals surface area contributed by atoms with Crippen LogP contribution in [0.1, 0.15) is 29.2 Å². The third-order valence-corrected chi connectivity index (χ3v) is 7.07. The van der Waals surface area contributed by atoms with Gasteiger partial charge in [0.25, 0.3) is 0 Å². The largest absolute Gasteiger partial charge is 0.492 e. The van der Waals surface area contributed by atoms with Gasteiger partial charge in [-0.05, 0) is 17.7 Å². The van der Waals surface area contributed by atoms with Crippen molar-refractivity contribution in [1.29, 1.82) is 0 Å². The summed E-state index contributed by atoms with van der Waals surface area (Å²) in [5, 5.41) is 25.6. The Balaban J connectivity index is 1.73. The number of aliphatic hydroxyl groups excluding tert-OH is 1. The number of rotatable bonds is 6. The van der Waals surface area contributed by atoms with Gasteiger partial charge in [0.1, 0.15) is 0 Å². The molecule has 10 heteroatoms. The fourth-order valence-corrected chi connectivity index (χ4v) is 5.16. The summed E-state index contributed by atoms with van der Waals surface area (Å²) in [4.78, 5) is 10.5. The van der Waals surface area contributed by atoms with Crippen molar-refractivity contribution >= 4 is 39.5 Å². The van der Waals surface area contributed by atoms with E-state index in [4.69, 9.17) is 23.2 Å². The Morgan fingerprint density at radius 3 is 2.55 bits per heavy atom. The van der Waals surface area contributed by atoms with E-state index in [1.807, 2.05) is 19.1 Å². The lowest BCUT2D eigenvalue weighted by Crippen LogP contribution is -2.48. The molecule has 156 valence electrons. The van der Waals surface area contributed by atoms with E-state index >= 15 is 0 Å². The molecule has 0 radical (unpaired) electrons. The number of thiazole rings is 1. The molecule has 0 aliphatic carbocycles. The van der Waals surface area contributed by atoms with Crippen LogP contribution >= 0.6 is 34.5 Å². The maximum atomic E-state index is 11.0. The second-order valence-corrected chi connectivity index (χ2v) is 8.87. The van der Waals surface area contributed by atoms with Crippen molar-refractivity contribution in [3.8, 4) is 5.88 Å². The Kier molecular flexibility index (Phi) is 6.29. The number of aromatic hydroxyl groups is 1. The van der Waals surface area contributed by atoms with Gasteiger partial charge in [0, 0.05) is 39.1 Å². The van der Waals surface area contributed by atoms with Crippen LogP contribution in [0.15, 0.2) is 18.2 Å². The highest BCUT2D eigenvalue weighted by molar-refractivity contribution is 7.17. The molecule has 1 aromatic carbocycles. The number of benzene rings is 1. The first-order chi connectivity index (χ1) is 14.0. The molecule has 0 bridgehead atoms. The van der Waals surface area contributed by atoms with E-state index in [2.05, 4.69) is 19.9 Å². The van der Waals surface area contributed by atoms with Crippen LogP contribution in [-0.2, 0) is 6.42 Å². The maximum Gasteiger partial charge on any atom is 0.230 e. The quantitative estimate of drug-likeness (QED) is 0.594. The number of hydrogen-bond donors (Lipinski definition) is 2. The van der Waals surface area contributed by atoms with Crippen LogP contribution in [0.4, 0.5) is 0 Å². The fourth-order valence-electron chi connectivity index (χ4n) is 3.72. The van der Waals surface area contributed by atoms with Crippen LogP contribution in [0.3, 0.4) is 0 Å². The number of nitrogens with zero attached hydrogens (tertiary/aromatic N) is 5. The van der Waals surface area contributed by atoms with Gasteiger partial charge in [0.05, 0.1) is 27.6 Å². The highest BCUT2D eigenvalue weighted by atomic mass is 35.5. The first kappa shape index (κ1) is 20.8. The van der Waals surface area contributed by atoms with E-state index in [0.29, 0.717) is 33.8 Å². The molecule has 2 N–H and O–H groups in total. The molecular weight excluding hydrogens is 433 g/mol. The lowest BCUT2D eigenvalue weighted by Gasteiger charge is -2.39. The van der Waals surface area contributed by atoms with Crippen molar-refractivity contribution in [2.75, 3.05) is 39.3 Å². The van der Waals surface area contributed by atoms with Gasteiger partial charge in [-0.1, -0.05) is 47.5 Å². The molecule has 0 unspecified atom stereocenters. The van der Waals surface area contributed by atoms with Crippen molar-refractivity contribution in [1.82, 2.24) is 24.4 Å². The Bertz CT molecular complexity index is 1000. The Morgan fingerprint density at radius 1 is 1.17 bits per heavy atom. The first-order valence-electron chi connectivity index (χ1n) is 9.61. The molecule has 1 aliphatic rings. The molecule has 2 aromatic heterocycles. The van der Waals surface area contributed by atoms with Gasteiger partial charge in [0.15, 0.2) is 5.82 Å². The number of hydrogen-bond acceptors (Lipinski definition) is 7. The Hall–Kier alpha value is -1.42. The third kappa shape index (κ3) is 4.10. The fraction of sp³-hybridized carbons (Fsp3) is 0.474. The summed E-state index contributed by atoms with van der Waals surface area (Å²) in [6, 6.07) is 5.42. The minimum Gasteiger partial charge on any atom is -0.492 e. The molecular formula is C19H23Cl2N5O2S. The molecule has 3 aromatic rings. The van der Waals surface area contributed by atoms with Crippen molar-refractivity contribution in [2.45, 2.75) is 19.4 Å². The van der Waals surface area contributed by atoms with Crippen molar-refractivity contribution in [3.05, 3.63) is 44.5 Å². The highest BCUT2D eigenvalue weighted by Gasteiger charge is 2.32. The van der Waals surface area contributed by atoms with Crippen LogP contribution in [0.5, 0.6) is 5.88 Å². The minimum atomic E-state index is -0.181. The second-order valence-electron chi connectivity index (χ2n) is 7.04. The van der Waals surface area contributed by atoms with Crippen LogP contribution < -0.4 is 0 Å². The van der Waals surface area contributed by atoms with Crippen LogP contribution in [-0.4, -0.2) is 73.9 Å². The molecule has 0 saturated carbocycles. The van der Waals surface area contributed by atoms with Gasteiger partial charge < -0.3 is 10.2 Å². The van der Waals surface area contributed by atoms with Crippen LogP contribution in [0.2, 0.25) is 10.0 Å². The second kappa shape index (κ2) is 8.75. The van der Waals surface area contributed by atoms with Crippen molar-refractivity contribution < 1.29 is 10.2 Å². The average molecular weight is 456 g/mol. The smallest absolute Gasteiger partial charge is 0.230 e. The van der Waals surface area contributed by atoms with Crippen LogP contribution in [0, 0.1) is 0 Å². The van der Waals surface area contributed by atoms with E-state index in [1.165, 1.54) is 15.9 Å². The summed E-state index contributed by atoms with van der Waals surface area (Å²) in [5.74, 6) is 0.827. The van der Waals surface area contributed by atoms with E-state index in [1.54, 1.807) is 6.07 Å². The summed E-state index contributed by atoms with van der Waals surface area (Å²) in [7, 11) is 0. The summed E-state index contributed by atoms with van der Waals surface area (Å²) >= 11 is 13.9. The summed E-state index contributed by atoms with van der Waals surface area (Å²) in [5.41, 5.74) is 0.963. The Labute approximate surface area is 183 Å². The number of aliphatic hydroxyl groups is 1. The van der Waals surface area contributed by atoms with Crippen LogP contribution in [0.25, 0.3) is 4.96 Å². The number of fused-ring (bicyclic) bond motifs is 1. The topological polar surface area (TPSA) is 77.1 Å². The van der Waals surface area contributed by atoms with Gasteiger partial charge in [0.2, 0.25) is 10.8 Å². The lowest BCUT2D eigenvalue weighted by atomic mass is 10.0. The van der Waals surface area contributed by atoms with Gasteiger partial charge in [-0.15, -0.1) is 5.10 Å². The average Bonchev–Trinajstić information content (AvgIpc) is 3.26. The molecule has 3 heterocycles. The summed E-state index contributed by atoms with van der Waals surface area (Å²) in [6.07, 6.45) is 0.714. The highest BCUT2D eigenvalue weighted by Crippen LogP contribution is 2.41. The Morgan fingerprint density at radius 2 is 1.93 bits per heavy atom. The third-order valence-electron chi connectivity index (χ3n) is 5.26. The number of halogens is 2. The SMILES string of the molecule is CCc1nc2sc([C@H](c3ccc(Cl)c(Cl)c3)N3CCN(CCO)CC3)c(O)n2n1. The maximum absolute atomic E-state index is 11.0. The number of piperazine rings is 1. The van der Waals surface area contributed by atoms with Gasteiger partial charge >= 0.3 is 0 Å². The van der Waals surface area contributed by atoms with E-state index in [-0.39, 0.29) is 18.5 Å². The van der Waals surface area contributed by atoms with Crippen molar-refractivity contribution in [2.24, 2.45) is 0 Å². The monoisotopic (exact) mass is 455 g/mol. The summed E-state index contributed by atoms with van der Waals surface area (Å²) in [6.45, 7) is 6.12. The summed E-state index contributed by atoms with van der Waals surface area (Å²) < 4.78 is 1.52. The van der Waals surface area contributed by atoms with E-state index < -0.39 is 0 Å². The minimum absolute atomic E-state index is 0.117. The molecule has 1 aliphatic heterocycles. The molecule has 1 saturated heterocycles. The standard InChI is InChI=1S/C19H23Cl2N5O2S/c1-2-15-22-19-26(23-15)18(28)17(29-19)16(12-3-4-13(20)14(21)11-12)25-7-5-24(6-8-25)9-10-27/h3-4,11,16,27-28H,2,5-10H2,1H3/t16-/m0/s1. The normalized spacial score (nSPS) is 17.2. The van der Waals surface area contributed by atoms with Crippen molar-refractivity contribution in [3.63, 3.8) is 0 Å². The predicted molar refractivity (Wildman–Crippen MR) is 115 cm³/mol. The van der Waals surface area contributed by atoms with Gasteiger partial charge in [-0.2, -0.15) is 4.52 Å². The molecule has 4 rings (SSSR count). The van der Waals surface area contributed by atoms with E-state index in [0.717, 1.165) is 36.6 Å². The molecule has 0 spiro atoms. The van der Waals surface area contributed by atoms with Gasteiger partial charge in [-0.25, -0.2) is 4.98 Å². The predicted octanol–water partition coefficient (Wildman–Crippen LogP) is 3.06.